The summed E-state index contributed by atoms with van der Waals surface area (Å²) in [6.45, 7) is 56.0. The molecule has 0 N–H and O–H groups in total. The molecule has 7 rings (SSSR count). The third-order valence-corrected chi connectivity index (χ3v) is 24.0. The summed E-state index contributed by atoms with van der Waals surface area (Å²) in [7, 11) is -3.97. The van der Waals surface area contributed by atoms with Crippen molar-refractivity contribution in [2.24, 2.45) is 0 Å². The van der Waals surface area contributed by atoms with Crippen molar-refractivity contribution in [1.29, 1.82) is 0 Å². The molecular formula is C76H106O4P2. The smallest absolute Gasteiger partial charge is 0.327 e. The summed E-state index contributed by atoms with van der Waals surface area (Å²) in [6, 6.07) is 41.3. The first kappa shape index (κ1) is 64.9. The Balaban J connectivity index is 1.63. The highest BCUT2D eigenvalue weighted by molar-refractivity contribution is 7.64. The molecule has 6 aromatic rings. The first-order valence-electron chi connectivity index (χ1n) is 31.4. The van der Waals surface area contributed by atoms with Crippen LogP contribution in [0.4, 0.5) is 0 Å². The van der Waals surface area contributed by atoms with Gasteiger partial charge in [-0.3, -0.25) is 0 Å². The number of rotatable bonds is 26. The van der Waals surface area contributed by atoms with E-state index in [0.717, 1.165) is 90.5 Å². The molecule has 6 aromatic carbocycles. The molecule has 0 saturated carbocycles. The van der Waals surface area contributed by atoms with Gasteiger partial charge in [0.1, 0.15) is 23.0 Å². The van der Waals surface area contributed by atoms with E-state index in [4.69, 9.17) is 18.1 Å². The highest BCUT2D eigenvalue weighted by atomic mass is 31.2. The maximum atomic E-state index is 7.98. The quantitative estimate of drug-likeness (QED) is 0.0507. The highest BCUT2D eigenvalue weighted by Crippen LogP contribution is 2.57. The molecule has 1 aliphatic rings. The molecule has 0 atom stereocenters. The van der Waals surface area contributed by atoms with Crippen molar-refractivity contribution in [3.05, 3.63) is 154 Å². The largest absolute Gasteiger partial charge is 0.435 e. The first-order valence-corrected chi connectivity index (χ1v) is 33.8. The van der Waals surface area contributed by atoms with Gasteiger partial charge < -0.3 is 18.1 Å². The van der Waals surface area contributed by atoms with Crippen molar-refractivity contribution in [2.75, 3.05) is 0 Å². The summed E-state index contributed by atoms with van der Waals surface area (Å²) < 4.78 is 31.8. The topological polar surface area (TPSA) is 36.9 Å². The van der Waals surface area contributed by atoms with Crippen LogP contribution in [0.3, 0.4) is 0 Å². The maximum Gasteiger partial charge on any atom is 0.327 e. The molecule has 82 heavy (non-hydrogen) atoms. The van der Waals surface area contributed by atoms with Crippen molar-refractivity contribution in [2.45, 2.75) is 261 Å². The Morgan fingerprint density at radius 3 is 0.829 bits per heavy atom. The van der Waals surface area contributed by atoms with Crippen molar-refractivity contribution < 1.29 is 18.1 Å². The van der Waals surface area contributed by atoms with Crippen LogP contribution in [0.2, 0.25) is 0 Å². The Morgan fingerprint density at radius 2 is 0.549 bits per heavy atom. The lowest BCUT2D eigenvalue weighted by Crippen LogP contribution is -2.33. The number of hydrogen-bond acceptors (Lipinski definition) is 4. The zero-order valence-corrected chi connectivity index (χ0v) is 57.4. The van der Waals surface area contributed by atoms with Gasteiger partial charge in [-0.1, -0.05) is 245 Å². The first-order chi connectivity index (χ1) is 38.2. The lowest BCUT2D eigenvalue weighted by atomic mass is 9.76. The molecule has 0 aliphatic heterocycles. The zero-order valence-electron chi connectivity index (χ0n) is 55.6. The number of hydrogen-bond donors (Lipinski definition) is 0. The summed E-state index contributed by atoms with van der Waals surface area (Å²) in [5.74, 6) is 3.38. The van der Waals surface area contributed by atoms with Gasteiger partial charge in [0, 0.05) is 27.8 Å². The van der Waals surface area contributed by atoms with Crippen LogP contribution in [0.25, 0.3) is 22.3 Å². The van der Waals surface area contributed by atoms with Gasteiger partial charge in [0.2, 0.25) is 0 Å². The van der Waals surface area contributed by atoms with Gasteiger partial charge in [0.15, 0.2) is 0 Å². The summed E-state index contributed by atoms with van der Waals surface area (Å²) in [5, 5.41) is 1.94. The Kier molecular flexibility index (Phi) is 19.3. The van der Waals surface area contributed by atoms with Crippen molar-refractivity contribution in [3.63, 3.8) is 0 Å². The third kappa shape index (κ3) is 13.0. The fourth-order valence-electron chi connectivity index (χ4n) is 10.7. The summed E-state index contributed by atoms with van der Waals surface area (Å²) in [5.41, 5.74) is 13.8. The third-order valence-electron chi connectivity index (χ3n) is 20.8. The molecule has 1 aliphatic carbocycles. The van der Waals surface area contributed by atoms with E-state index in [1.807, 2.05) is 0 Å². The minimum Gasteiger partial charge on any atom is -0.435 e. The van der Waals surface area contributed by atoms with Crippen LogP contribution in [0.1, 0.15) is 262 Å². The van der Waals surface area contributed by atoms with Crippen LogP contribution >= 0.6 is 16.8 Å². The van der Waals surface area contributed by atoms with Crippen LogP contribution in [-0.2, 0) is 43.3 Å². The molecule has 0 fully saturated rings. The van der Waals surface area contributed by atoms with Gasteiger partial charge in [0.05, 0.1) is 10.6 Å². The fraction of sp³-hybridized carbons (Fsp3) is 0.526. The van der Waals surface area contributed by atoms with Crippen molar-refractivity contribution >= 4 is 27.4 Å². The van der Waals surface area contributed by atoms with E-state index < -0.39 is 16.8 Å². The molecule has 0 spiro atoms. The van der Waals surface area contributed by atoms with E-state index in [1.165, 1.54) is 61.2 Å². The average molecular weight is 1150 g/mol. The molecule has 0 saturated heterocycles. The van der Waals surface area contributed by atoms with E-state index in [0.29, 0.717) is 0 Å². The van der Waals surface area contributed by atoms with Crippen LogP contribution in [0, 0.1) is 0 Å². The molecule has 6 heteroatoms. The Morgan fingerprint density at radius 1 is 0.280 bits per heavy atom. The second kappa shape index (κ2) is 24.4. The monoisotopic (exact) mass is 1140 g/mol. The van der Waals surface area contributed by atoms with Crippen LogP contribution < -0.4 is 28.7 Å². The molecule has 4 nitrogen and oxygen atoms in total. The molecular weight excluding hydrogens is 1040 g/mol. The second-order valence-electron chi connectivity index (χ2n) is 29.0. The maximum absolute atomic E-state index is 7.98. The standard InChI is InChI=1S/C76H106O4P2/c1-25-69(9,10)51-37-42-62(58(47-51)73(17,18)29-5)77-81(78-63-43-38-52(70(11,12)26-2)48-59(63)74(19,20)30-6)66-46-41-57-55-35-33-34-36-56(55)67(57)68(66)82(79-64-44-39-53(71(13,14)27-3)49-60(64)75(21,22)31-7)80-65-45-40-54(72(15,16)28-4)50-61(65)76(23,24)32-8/h33-50H,25-32H2,1-24H3. The predicted molar refractivity (Wildman–Crippen MR) is 359 cm³/mol. The SMILES string of the molecule is CCC(C)(C)c1ccc(OP(Oc2ccc(C(C)(C)CC)cc2C(C)(C)CC)c2ccc3c(c2P(Oc2ccc(C(C)(C)CC)cc2C(C)(C)CC)Oc2ccc(C(C)(C)CC)cc2C(C)(C)CC)-c2ccccc2-3)c(C(C)(C)CC)c1. The molecule has 0 unspecified atom stereocenters. The van der Waals surface area contributed by atoms with Gasteiger partial charge >= 0.3 is 16.8 Å². The summed E-state index contributed by atoms with van der Waals surface area (Å²) in [4.78, 5) is 0. The van der Waals surface area contributed by atoms with Gasteiger partial charge in [-0.05, 0) is 164 Å². The summed E-state index contributed by atoms with van der Waals surface area (Å²) >= 11 is 0. The molecule has 0 bridgehead atoms. The summed E-state index contributed by atoms with van der Waals surface area (Å²) in [6.07, 6.45) is 7.82. The van der Waals surface area contributed by atoms with Crippen molar-refractivity contribution in [1.82, 2.24) is 0 Å². The van der Waals surface area contributed by atoms with Gasteiger partial charge in [-0.25, -0.2) is 0 Å². The average Bonchev–Trinajstić information content (AvgIpc) is 2.76. The second-order valence-corrected chi connectivity index (χ2v) is 31.7. The minimum absolute atomic E-state index is 0.0226. The number of benzene rings is 6. The lowest BCUT2D eigenvalue weighted by Gasteiger charge is -2.36. The molecule has 0 radical (unpaired) electrons. The molecule has 0 heterocycles. The lowest BCUT2D eigenvalue weighted by molar-refractivity contribution is 0.437. The van der Waals surface area contributed by atoms with E-state index >= 15 is 0 Å². The minimum atomic E-state index is -2.00. The Hall–Kier alpha value is -4.62. The zero-order chi connectivity index (χ0) is 60.8. The Bertz CT molecular complexity index is 3060. The number of fused-ring (bicyclic) bond motifs is 4. The van der Waals surface area contributed by atoms with Crippen LogP contribution in [-0.4, -0.2) is 0 Å². The molecule has 0 aromatic heterocycles. The van der Waals surface area contributed by atoms with Crippen LogP contribution in [0.5, 0.6) is 23.0 Å². The van der Waals surface area contributed by atoms with Gasteiger partial charge in [-0.15, -0.1) is 0 Å². The molecule has 444 valence electrons. The highest BCUT2D eigenvalue weighted by Gasteiger charge is 2.42. The van der Waals surface area contributed by atoms with E-state index in [2.05, 4.69) is 275 Å². The fourth-order valence-corrected chi connectivity index (χ4v) is 14.1. The van der Waals surface area contributed by atoms with Gasteiger partial charge in [0.25, 0.3) is 0 Å². The normalized spacial score (nSPS) is 13.5. The van der Waals surface area contributed by atoms with Gasteiger partial charge in [-0.2, -0.15) is 0 Å². The van der Waals surface area contributed by atoms with Crippen LogP contribution in [0.15, 0.2) is 109 Å². The van der Waals surface area contributed by atoms with E-state index in [9.17, 15) is 0 Å². The van der Waals surface area contributed by atoms with Crippen molar-refractivity contribution in [3.8, 4) is 45.3 Å². The predicted octanol–water partition coefficient (Wildman–Crippen LogP) is 23.0. The van der Waals surface area contributed by atoms with E-state index in [-0.39, 0.29) is 43.3 Å². The molecule has 0 amide bonds. The Labute approximate surface area is 502 Å². The van der Waals surface area contributed by atoms with E-state index in [1.54, 1.807) is 0 Å².